The lowest BCUT2D eigenvalue weighted by atomic mass is 9.89. The van der Waals surface area contributed by atoms with Crippen molar-refractivity contribution in [3.05, 3.63) is 68.1 Å². The van der Waals surface area contributed by atoms with Crippen molar-refractivity contribution in [2.45, 2.75) is 12.0 Å². The molecule has 2 aromatic rings. The maximum absolute atomic E-state index is 10.6. The molecular formula is C15H14BrCl2NO. The lowest BCUT2D eigenvalue weighted by Crippen LogP contribution is -2.20. The van der Waals surface area contributed by atoms with Gasteiger partial charge in [-0.15, -0.1) is 0 Å². The van der Waals surface area contributed by atoms with Crippen molar-refractivity contribution in [3.8, 4) is 0 Å². The summed E-state index contributed by atoms with van der Waals surface area (Å²) in [4.78, 5) is 0. The van der Waals surface area contributed by atoms with Crippen LogP contribution in [0.3, 0.4) is 0 Å². The van der Waals surface area contributed by atoms with E-state index in [0.29, 0.717) is 22.2 Å². The van der Waals surface area contributed by atoms with Crippen LogP contribution >= 0.6 is 39.1 Å². The van der Waals surface area contributed by atoms with Crippen LogP contribution in [-0.2, 0) is 0 Å². The maximum atomic E-state index is 10.6. The summed E-state index contributed by atoms with van der Waals surface area (Å²) >= 11 is 15.4. The lowest BCUT2D eigenvalue weighted by Gasteiger charge is -2.23. The second-order valence-electron chi connectivity index (χ2n) is 4.50. The highest BCUT2D eigenvalue weighted by Gasteiger charge is 2.23. The van der Waals surface area contributed by atoms with Crippen LogP contribution in [0, 0.1) is 0 Å². The average Bonchev–Trinajstić information content (AvgIpc) is 2.44. The van der Waals surface area contributed by atoms with Gasteiger partial charge in [-0.3, -0.25) is 0 Å². The zero-order valence-electron chi connectivity index (χ0n) is 10.6. The van der Waals surface area contributed by atoms with Gasteiger partial charge >= 0.3 is 0 Å². The van der Waals surface area contributed by atoms with E-state index in [1.165, 1.54) is 0 Å². The van der Waals surface area contributed by atoms with E-state index in [0.717, 1.165) is 10.0 Å². The number of aliphatic hydroxyl groups is 1. The fourth-order valence-corrected chi connectivity index (χ4v) is 2.85. The van der Waals surface area contributed by atoms with Crippen LogP contribution in [0.25, 0.3) is 0 Å². The SMILES string of the molecule is NCC(c1ccc(Cl)cc1)C(O)c1cc(Br)ccc1Cl. The van der Waals surface area contributed by atoms with Gasteiger partial charge in [0, 0.05) is 32.5 Å². The van der Waals surface area contributed by atoms with E-state index in [-0.39, 0.29) is 5.92 Å². The Morgan fingerprint density at radius 1 is 1.10 bits per heavy atom. The Morgan fingerprint density at radius 2 is 1.75 bits per heavy atom. The summed E-state index contributed by atoms with van der Waals surface area (Å²) in [6.07, 6.45) is -0.772. The molecule has 2 rings (SSSR count). The number of rotatable bonds is 4. The first-order valence-electron chi connectivity index (χ1n) is 6.11. The first-order chi connectivity index (χ1) is 9.52. The van der Waals surface area contributed by atoms with Gasteiger partial charge in [0.25, 0.3) is 0 Å². The van der Waals surface area contributed by atoms with Gasteiger partial charge in [0.1, 0.15) is 0 Å². The first-order valence-corrected chi connectivity index (χ1v) is 7.66. The van der Waals surface area contributed by atoms with E-state index in [9.17, 15) is 5.11 Å². The summed E-state index contributed by atoms with van der Waals surface area (Å²) in [6.45, 7) is 0.311. The number of hydrogen-bond donors (Lipinski definition) is 2. The molecule has 0 saturated heterocycles. The summed E-state index contributed by atoms with van der Waals surface area (Å²) < 4.78 is 0.864. The lowest BCUT2D eigenvalue weighted by molar-refractivity contribution is 0.147. The van der Waals surface area contributed by atoms with Crippen LogP contribution in [0.2, 0.25) is 10.0 Å². The Bertz CT molecular complexity index is 589. The van der Waals surface area contributed by atoms with Crippen molar-refractivity contribution >= 4 is 39.1 Å². The average molecular weight is 375 g/mol. The number of halogens is 3. The second kappa shape index (κ2) is 6.92. The molecule has 0 heterocycles. The molecule has 2 nitrogen and oxygen atoms in total. The smallest absolute Gasteiger partial charge is 0.0885 e. The molecule has 0 aliphatic rings. The van der Waals surface area contributed by atoms with E-state index in [4.69, 9.17) is 28.9 Å². The van der Waals surface area contributed by atoms with Gasteiger partial charge in [-0.1, -0.05) is 51.3 Å². The number of aliphatic hydroxyl groups excluding tert-OH is 1. The minimum atomic E-state index is -0.772. The molecule has 20 heavy (non-hydrogen) atoms. The maximum Gasteiger partial charge on any atom is 0.0885 e. The molecule has 0 bridgehead atoms. The molecule has 0 radical (unpaired) electrons. The summed E-state index contributed by atoms with van der Waals surface area (Å²) in [5.41, 5.74) is 7.41. The Labute approximate surface area is 136 Å². The van der Waals surface area contributed by atoms with E-state index in [2.05, 4.69) is 15.9 Å². The molecule has 3 N–H and O–H groups in total. The third kappa shape index (κ3) is 3.54. The van der Waals surface area contributed by atoms with Crippen LogP contribution in [0.15, 0.2) is 46.9 Å². The van der Waals surface area contributed by atoms with Gasteiger partial charge in [0.2, 0.25) is 0 Å². The largest absolute Gasteiger partial charge is 0.388 e. The zero-order chi connectivity index (χ0) is 14.7. The Balaban J connectivity index is 2.35. The fraction of sp³-hybridized carbons (Fsp3) is 0.200. The number of nitrogens with two attached hydrogens (primary N) is 1. The van der Waals surface area contributed by atoms with Gasteiger partial charge in [-0.2, -0.15) is 0 Å². The minimum Gasteiger partial charge on any atom is -0.388 e. The second-order valence-corrected chi connectivity index (χ2v) is 6.26. The van der Waals surface area contributed by atoms with Crippen molar-refractivity contribution < 1.29 is 5.11 Å². The molecule has 0 saturated carbocycles. The molecule has 0 fully saturated rings. The third-order valence-electron chi connectivity index (χ3n) is 3.21. The summed E-state index contributed by atoms with van der Waals surface area (Å²) in [5, 5.41) is 11.8. The Hall–Kier alpha value is -0.580. The van der Waals surface area contributed by atoms with Crippen molar-refractivity contribution in [1.29, 1.82) is 0 Å². The standard InChI is InChI=1S/C15H14BrCl2NO/c16-10-3-6-14(18)12(7-10)15(20)13(8-19)9-1-4-11(17)5-2-9/h1-7,13,15,20H,8,19H2. The number of hydrogen-bond acceptors (Lipinski definition) is 2. The van der Waals surface area contributed by atoms with E-state index in [1.807, 2.05) is 24.3 Å². The third-order valence-corrected chi connectivity index (χ3v) is 4.30. The molecule has 5 heteroatoms. The zero-order valence-corrected chi connectivity index (χ0v) is 13.7. The highest BCUT2D eigenvalue weighted by molar-refractivity contribution is 9.10. The van der Waals surface area contributed by atoms with Gasteiger partial charge in [-0.25, -0.2) is 0 Å². The van der Waals surface area contributed by atoms with Crippen molar-refractivity contribution in [2.75, 3.05) is 6.54 Å². The monoisotopic (exact) mass is 373 g/mol. The molecule has 0 aromatic heterocycles. The highest BCUT2D eigenvalue weighted by Crippen LogP contribution is 2.35. The molecule has 2 unspecified atom stereocenters. The molecule has 0 amide bonds. The van der Waals surface area contributed by atoms with Gasteiger partial charge in [-0.05, 0) is 35.9 Å². The van der Waals surface area contributed by atoms with Crippen LogP contribution in [0.4, 0.5) is 0 Å². The summed E-state index contributed by atoms with van der Waals surface area (Å²) in [6, 6.07) is 12.7. The predicted molar refractivity (Wildman–Crippen MR) is 87.4 cm³/mol. The van der Waals surface area contributed by atoms with E-state index in [1.54, 1.807) is 18.2 Å². The van der Waals surface area contributed by atoms with Crippen LogP contribution in [0.1, 0.15) is 23.1 Å². The topological polar surface area (TPSA) is 46.2 Å². The first kappa shape index (κ1) is 15.8. The molecule has 106 valence electrons. The molecular weight excluding hydrogens is 361 g/mol. The predicted octanol–water partition coefficient (Wildman–Crippen LogP) is 4.53. The molecule has 0 spiro atoms. The molecule has 0 aliphatic heterocycles. The normalized spacial score (nSPS) is 14.1. The summed E-state index contributed by atoms with van der Waals surface area (Å²) in [5.74, 6) is -0.237. The highest BCUT2D eigenvalue weighted by atomic mass is 79.9. The van der Waals surface area contributed by atoms with Gasteiger partial charge in [0.05, 0.1) is 6.10 Å². The molecule has 2 aromatic carbocycles. The minimum absolute atomic E-state index is 0.237. The summed E-state index contributed by atoms with van der Waals surface area (Å²) in [7, 11) is 0. The molecule has 2 atom stereocenters. The van der Waals surface area contributed by atoms with Gasteiger partial charge in [0.15, 0.2) is 0 Å². The van der Waals surface area contributed by atoms with Gasteiger partial charge < -0.3 is 10.8 Å². The fourth-order valence-electron chi connectivity index (χ4n) is 2.12. The molecule has 0 aliphatic carbocycles. The van der Waals surface area contributed by atoms with Crippen LogP contribution in [-0.4, -0.2) is 11.7 Å². The quantitative estimate of drug-likeness (QED) is 0.825. The van der Waals surface area contributed by atoms with E-state index >= 15 is 0 Å². The van der Waals surface area contributed by atoms with Crippen molar-refractivity contribution in [1.82, 2.24) is 0 Å². The Kier molecular flexibility index (Phi) is 5.47. The van der Waals surface area contributed by atoms with Crippen molar-refractivity contribution in [2.24, 2.45) is 5.73 Å². The van der Waals surface area contributed by atoms with Crippen molar-refractivity contribution in [3.63, 3.8) is 0 Å². The van der Waals surface area contributed by atoms with Crippen LogP contribution in [0.5, 0.6) is 0 Å². The number of benzene rings is 2. The van der Waals surface area contributed by atoms with E-state index < -0.39 is 6.10 Å². The Morgan fingerprint density at radius 3 is 2.35 bits per heavy atom. The van der Waals surface area contributed by atoms with Crippen LogP contribution < -0.4 is 5.73 Å².